The number of anilines is 1. The molecule has 1 unspecified atom stereocenters. The molecule has 0 aromatic heterocycles. The Bertz CT molecular complexity index is 473. The van der Waals surface area contributed by atoms with Crippen molar-refractivity contribution in [1.82, 2.24) is 5.32 Å². The first-order valence-corrected chi connectivity index (χ1v) is 6.10. The summed E-state index contributed by atoms with van der Waals surface area (Å²) in [5.41, 5.74) is 0.0962. The molecule has 19 heavy (non-hydrogen) atoms. The van der Waals surface area contributed by atoms with E-state index in [2.05, 4.69) is 10.6 Å². The average molecular weight is 266 g/mol. The van der Waals surface area contributed by atoms with Crippen LogP contribution in [0.15, 0.2) is 24.3 Å². The SMILES string of the molecule is O=C(CNC(=O)C1CCCO1)Nc1ccccc1F. The van der Waals surface area contributed by atoms with E-state index in [1.807, 2.05) is 0 Å². The van der Waals surface area contributed by atoms with Gasteiger partial charge in [0.2, 0.25) is 11.8 Å². The molecule has 5 nitrogen and oxygen atoms in total. The number of hydrogen-bond donors (Lipinski definition) is 2. The fourth-order valence-corrected chi connectivity index (χ4v) is 1.82. The number of benzene rings is 1. The molecular formula is C13H15FN2O3. The van der Waals surface area contributed by atoms with Gasteiger partial charge >= 0.3 is 0 Å². The largest absolute Gasteiger partial charge is 0.368 e. The molecule has 0 bridgehead atoms. The summed E-state index contributed by atoms with van der Waals surface area (Å²) in [5.74, 6) is -1.29. The second kappa shape index (κ2) is 6.29. The molecule has 1 saturated heterocycles. The van der Waals surface area contributed by atoms with Gasteiger partial charge in [0.05, 0.1) is 12.2 Å². The van der Waals surface area contributed by atoms with Crippen molar-refractivity contribution in [3.05, 3.63) is 30.1 Å². The Morgan fingerprint density at radius 3 is 2.84 bits per heavy atom. The van der Waals surface area contributed by atoms with Gasteiger partial charge in [-0.25, -0.2) is 4.39 Å². The number of carbonyl (C=O) groups excluding carboxylic acids is 2. The van der Waals surface area contributed by atoms with Crippen LogP contribution in [-0.2, 0) is 14.3 Å². The van der Waals surface area contributed by atoms with E-state index in [1.54, 1.807) is 6.07 Å². The highest BCUT2D eigenvalue weighted by Gasteiger charge is 2.23. The molecule has 1 aromatic carbocycles. The van der Waals surface area contributed by atoms with E-state index < -0.39 is 17.8 Å². The topological polar surface area (TPSA) is 67.4 Å². The summed E-state index contributed by atoms with van der Waals surface area (Å²) in [6.07, 6.45) is 1.04. The highest BCUT2D eigenvalue weighted by Crippen LogP contribution is 2.12. The third kappa shape index (κ3) is 3.75. The number of carbonyl (C=O) groups is 2. The summed E-state index contributed by atoms with van der Waals surface area (Å²) < 4.78 is 18.5. The molecule has 1 heterocycles. The maximum absolute atomic E-state index is 13.3. The van der Waals surface area contributed by atoms with E-state index in [1.165, 1.54) is 18.2 Å². The second-order valence-electron chi connectivity index (χ2n) is 4.25. The van der Waals surface area contributed by atoms with Crippen molar-refractivity contribution in [2.24, 2.45) is 0 Å². The van der Waals surface area contributed by atoms with Crippen molar-refractivity contribution in [1.29, 1.82) is 0 Å². The summed E-state index contributed by atoms with van der Waals surface area (Å²) >= 11 is 0. The van der Waals surface area contributed by atoms with Crippen LogP contribution in [0.1, 0.15) is 12.8 Å². The lowest BCUT2D eigenvalue weighted by Crippen LogP contribution is -2.39. The van der Waals surface area contributed by atoms with E-state index in [0.29, 0.717) is 13.0 Å². The minimum atomic E-state index is -0.513. The van der Waals surface area contributed by atoms with Crippen molar-refractivity contribution >= 4 is 17.5 Å². The summed E-state index contributed by atoms with van der Waals surface area (Å²) in [4.78, 5) is 23.1. The lowest BCUT2D eigenvalue weighted by molar-refractivity contribution is -0.131. The number of para-hydroxylation sites is 1. The summed E-state index contributed by atoms with van der Waals surface area (Å²) in [6, 6.07) is 5.85. The smallest absolute Gasteiger partial charge is 0.249 e. The normalized spacial score (nSPS) is 18.1. The summed E-state index contributed by atoms with van der Waals surface area (Å²) in [5, 5.41) is 4.85. The molecule has 0 saturated carbocycles. The van der Waals surface area contributed by atoms with Crippen LogP contribution in [-0.4, -0.2) is 31.1 Å². The quantitative estimate of drug-likeness (QED) is 0.856. The third-order valence-corrected chi connectivity index (χ3v) is 2.79. The van der Waals surface area contributed by atoms with Gasteiger partial charge in [-0.15, -0.1) is 0 Å². The van der Waals surface area contributed by atoms with Crippen molar-refractivity contribution in [3.63, 3.8) is 0 Å². The van der Waals surface area contributed by atoms with Crippen molar-refractivity contribution < 1.29 is 18.7 Å². The third-order valence-electron chi connectivity index (χ3n) is 2.79. The molecule has 1 aliphatic rings. The molecule has 1 aromatic rings. The minimum absolute atomic E-state index is 0.0962. The van der Waals surface area contributed by atoms with Crippen LogP contribution in [0.5, 0.6) is 0 Å². The molecule has 1 atom stereocenters. The van der Waals surface area contributed by atoms with Crippen molar-refractivity contribution in [2.75, 3.05) is 18.5 Å². The Kier molecular flexibility index (Phi) is 4.46. The summed E-state index contributed by atoms with van der Waals surface area (Å²) in [6.45, 7) is 0.368. The Labute approximate surface area is 110 Å². The van der Waals surface area contributed by atoms with Crippen molar-refractivity contribution in [3.8, 4) is 0 Å². The molecule has 1 aliphatic heterocycles. The van der Waals surface area contributed by atoms with Crippen LogP contribution in [0.2, 0.25) is 0 Å². The second-order valence-corrected chi connectivity index (χ2v) is 4.25. The van der Waals surface area contributed by atoms with Crippen molar-refractivity contribution in [2.45, 2.75) is 18.9 Å². The minimum Gasteiger partial charge on any atom is -0.368 e. The number of nitrogens with one attached hydrogen (secondary N) is 2. The zero-order chi connectivity index (χ0) is 13.7. The molecule has 102 valence electrons. The number of amides is 2. The van der Waals surface area contributed by atoms with Crippen LogP contribution in [0, 0.1) is 5.82 Å². The zero-order valence-electron chi connectivity index (χ0n) is 10.3. The van der Waals surface area contributed by atoms with Crippen LogP contribution < -0.4 is 10.6 Å². The van der Waals surface area contributed by atoms with Crippen LogP contribution >= 0.6 is 0 Å². The van der Waals surface area contributed by atoms with Gasteiger partial charge in [-0.2, -0.15) is 0 Å². The zero-order valence-corrected chi connectivity index (χ0v) is 10.3. The van der Waals surface area contributed by atoms with Gasteiger partial charge in [-0.05, 0) is 25.0 Å². The highest BCUT2D eigenvalue weighted by molar-refractivity contribution is 5.95. The monoisotopic (exact) mass is 266 g/mol. The van der Waals surface area contributed by atoms with Gasteiger partial charge in [-0.3, -0.25) is 9.59 Å². The van der Waals surface area contributed by atoms with E-state index >= 15 is 0 Å². The Morgan fingerprint density at radius 2 is 2.16 bits per heavy atom. The maximum atomic E-state index is 13.3. The fourth-order valence-electron chi connectivity index (χ4n) is 1.82. The van der Waals surface area contributed by atoms with E-state index in [9.17, 15) is 14.0 Å². The Hall–Kier alpha value is -1.95. The van der Waals surface area contributed by atoms with Gasteiger partial charge in [0.1, 0.15) is 11.9 Å². The maximum Gasteiger partial charge on any atom is 0.249 e. The lowest BCUT2D eigenvalue weighted by atomic mass is 10.2. The molecule has 2 N–H and O–H groups in total. The first-order valence-electron chi connectivity index (χ1n) is 6.10. The lowest BCUT2D eigenvalue weighted by Gasteiger charge is -2.10. The van der Waals surface area contributed by atoms with E-state index in [0.717, 1.165) is 6.42 Å². The van der Waals surface area contributed by atoms with Crippen LogP contribution in [0.3, 0.4) is 0 Å². The number of halogens is 1. The molecular weight excluding hydrogens is 251 g/mol. The van der Waals surface area contributed by atoms with Gasteiger partial charge in [0.15, 0.2) is 0 Å². The predicted molar refractivity (Wildman–Crippen MR) is 67.0 cm³/mol. The van der Waals surface area contributed by atoms with E-state index in [4.69, 9.17) is 4.74 Å². The van der Waals surface area contributed by atoms with Crippen LogP contribution in [0.4, 0.5) is 10.1 Å². The Balaban J connectivity index is 1.78. The fraction of sp³-hybridized carbons (Fsp3) is 0.385. The highest BCUT2D eigenvalue weighted by atomic mass is 19.1. The summed E-state index contributed by atoms with van der Waals surface area (Å²) in [7, 11) is 0. The average Bonchev–Trinajstić information content (AvgIpc) is 2.93. The number of ether oxygens (including phenoxy) is 1. The standard InChI is InChI=1S/C13H15FN2O3/c14-9-4-1-2-5-10(9)16-12(17)8-15-13(18)11-6-3-7-19-11/h1-2,4-5,11H,3,6-8H2,(H,15,18)(H,16,17). The van der Waals surface area contributed by atoms with Gasteiger partial charge in [0, 0.05) is 6.61 Å². The molecule has 0 radical (unpaired) electrons. The molecule has 1 fully saturated rings. The predicted octanol–water partition coefficient (Wildman–Crippen LogP) is 1.06. The van der Waals surface area contributed by atoms with Crippen LogP contribution in [0.25, 0.3) is 0 Å². The van der Waals surface area contributed by atoms with Gasteiger partial charge in [-0.1, -0.05) is 12.1 Å². The number of hydrogen-bond acceptors (Lipinski definition) is 3. The molecule has 2 rings (SSSR count). The first kappa shape index (κ1) is 13.5. The molecule has 0 aliphatic carbocycles. The van der Waals surface area contributed by atoms with Gasteiger partial charge in [0.25, 0.3) is 0 Å². The molecule has 6 heteroatoms. The number of rotatable bonds is 4. The molecule has 2 amide bonds. The van der Waals surface area contributed by atoms with E-state index in [-0.39, 0.29) is 18.1 Å². The van der Waals surface area contributed by atoms with Gasteiger partial charge < -0.3 is 15.4 Å². The Morgan fingerprint density at radius 1 is 1.37 bits per heavy atom. The first-order chi connectivity index (χ1) is 9.16. The molecule has 0 spiro atoms.